The van der Waals surface area contributed by atoms with Crippen molar-refractivity contribution in [3.8, 4) is 6.07 Å². The summed E-state index contributed by atoms with van der Waals surface area (Å²) in [6.07, 6.45) is 1.93. The lowest BCUT2D eigenvalue weighted by Gasteiger charge is -2.07. The summed E-state index contributed by atoms with van der Waals surface area (Å²) in [5.41, 5.74) is 9.11. The lowest BCUT2D eigenvalue weighted by atomic mass is 10.0. The first kappa shape index (κ1) is 8.97. The Hall–Kier alpha value is -0.600. The van der Waals surface area contributed by atoms with Gasteiger partial charge in [-0.1, -0.05) is 0 Å². The summed E-state index contributed by atoms with van der Waals surface area (Å²) in [5.74, 6) is 0. The smallest absolute Gasteiger partial charge is 0.0994 e. The third-order valence-corrected chi connectivity index (χ3v) is 3.44. The molecule has 0 aromatic heterocycles. The van der Waals surface area contributed by atoms with Crippen LogP contribution in [-0.2, 0) is 6.42 Å². The highest BCUT2D eigenvalue weighted by Gasteiger charge is 2.23. The standard InChI is InChI=1S/C10H9IN2/c11-8-3-1-6(5-12)7-2-4-9(13)10(7)8/h1,3,9H,2,4,13H2. The van der Waals surface area contributed by atoms with Gasteiger partial charge in [-0.2, -0.15) is 5.26 Å². The van der Waals surface area contributed by atoms with Crippen molar-refractivity contribution in [1.29, 1.82) is 5.26 Å². The van der Waals surface area contributed by atoms with E-state index < -0.39 is 0 Å². The van der Waals surface area contributed by atoms with Gasteiger partial charge in [-0.3, -0.25) is 0 Å². The Morgan fingerprint density at radius 3 is 3.00 bits per heavy atom. The maximum absolute atomic E-state index is 8.89. The van der Waals surface area contributed by atoms with Crippen LogP contribution < -0.4 is 5.73 Å². The molecule has 1 aromatic rings. The van der Waals surface area contributed by atoms with E-state index in [0.717, 1.165) is 18.4 Å². The van der Waals surface area contributed by atoms with Crippen LogP contribution in [0.5, 0.6) is 0 Å². The van der Waals surface area contributed by atoms with E-state index in [-0.39, 0.29) is 6.04 Å². The molecule has 3 heteroatoms. The fourth-order valence-corrected chi connectivity index (χ4v) is 2.76. The van der Waals surface area contributed by atoms with Gasteiger partial charge in [0.25, 0.3) is 0 Å². The molecular weight excluding hydrogens is 275 g/mol. The summed E-state index contributed by atoms with van der Waals surface area (Å²) in [6.45, 7) is 0. The SMILES string of the molecule is N#Cc1ccc(I)c2c1CCC2N. The zero-order valence-electron chi connectivity index (χ0n) is 7.05. The molecule has 1 atom stereocenters. The summed E-state index contributed by atoms with van der Waals surface area (Å²) in [5, 5.41) is 8.89. The molecule has 0 heterocycles. The molecule has 0 saturated carbocycles. The third-order valence-electron chi connectivity index (χ3n) is 2.50. The molecule has 13 heavy (non-hydrogen) atoms. The van der Waals surface area contributed by atoms with E-state index in [4.69, 9.17) is 11.0 Å². The van der Waals surface area contributed by atoms with Crippen LogP contribution in [0.4, 0.5) is 0 Å². The molecule has 66 valence electrons. The van der Waals surface area contributed by atoms with Gasteiger partial charge in [-0.05, 0) is 58.7 Å². The highest BCUT2D eigenvalue weighted by Crippen LogP contribution is 2.34. The second kappa shape index (κ2) is 3.28. The van der Waals surface area contributed by atoms with Gasteiger partial charge in [0.1, 0.15) is 0 Å². The molecule has 0 aliphatic heterocycles. The van der Waals surface area contributed by atoms with Crippen LogP contribution in [0.3, 0.4) is 0 Å². The molecule has 2 nitrogen and oxygen atoms in total. The summed E-state index contributed by atoms with van der Waals surface area (Å²) >= 11 is 2.28. The largest absolute Gasteiger partial charge is 0.324 e. The Morgan fingerprint density at radius 2 is 2.31 bits per heavy atom. The van der Waals surface area contributed by atoms with Gasteiger partial charge in [-0.15, -0.1) is 0 Å². The van der Waals surface area contributed by atoms with Gasteiger partial charge in [0.2, 0.25) is 0 Å². The van der Waals surface area contributed by atoms with Crippen molar-refractivity contribution in [1.82, 2.24) is 0 Å². The quantitative estimate of drug-likeness (QED) is 0.742. The summed E-state index contributed by atoms with van der Waals surface area (Å²) in [7, 11) is 0. The fraction of sp³-hybridized carbons (Fsp3) is 0.300. The molecule has 0 fully saturated rings. The molecule has 2 N–H and O–H groups in total. The van der Waals surface area contributed by atoms with Crippen molar-refractivity contribution in [3.63, 3.8) is 0 Å². The van der Waals surface area contributed by atoms with Crippen molar-refractivity contribution in [2.45, 2.75) is 18.9 Å². The summed E-state index contributed by atoms with van der Waals surface area (Å²) in [4.78, 5) is 0. The van der Waals surface area contributed by atoms with E-state index in [1.165, 1.54) is 14.7 Å². The van der Waals surface area contributed by atoms with Crippen LogP contribution in [0.1, 0.15) is 29.2 Å². The Bertz CT molecular complexity index is 393. The van der Waals surface area contributed by atoms with Crippen molar-refractivity contribution in [2.75, 3.05) is 0 Å². The van der Waals surface area contributed by atoms with Crippen LogP contribution in [0.2, 0.25) is 0 Å². The molecule has 0 bridgehead atoms. The zero-order chi connectivity index (χ0) is 9.42. The number of hydrogen-bond donors (Lipinski definition) is 1. The molecule has 0 amide bonds. The number of benzene rings is 1. The fourth-order valence-electron chi connectivity index (χ4n) is 1.86. The van der Waals surface area contributed by atoms with Gasteiger partial charge in [0.15, 0.2) is 0 Å². The molecule has 0 saturated heterocycles. The lowest BCUT2D eigenvalue weighted by molar-refractivity contribution is 0.711. The van der Waals surface area contributed by atoms with E-state index in [1.807, 2.05) is 12.1 Å². The molecule has 2 rings (SSSR count). The second-order valence-electron chi connectivity index (χ2n) is 3.24. The monoisotopic (exact) mass is 284 g/mol. The van der Waals surface area contributed by atoms with Crippen molar-refractivity contribution < 1.29 is 0 Å². The van der Waals surface area contributed by atoms with Crippen LogP contribution in [0.15, 0.2) is 12.1 Å². The molecular formula is C10H9IN2. The number of nitriles is 1. The first-order valence-electron chi connectivity index (χ1n) is 4.21. The molecule has 1 aliphatic rings. The van der Waals surface area contributed by atoms with Crippen LogP contribution in [0.25, 0.3) is 0 Å². The Balaban J connectivity index is 2.67. The van der Waals surface area contributed by atoms with Crippen molar-refractivity contribution in [2.24, 2.45) is 5.73 Å². The minimum absolute atomic E-state index is 0.134. The van der Waals surface area contributed by atoms with Gasteiger partial charge in [0.05, 0.1) is 11.6 Å². The van der Waals surface area contributed by atoms with E-state index in [2.05, 4.69) is 28.7 Å². The maximum atomic E-state index is 8.89. The minimum Gasteiger partial charge on any atom is -0.324 e. The highest BCUT2D eigenvalue weighted by atomic mass is 127. The number of nitrogens with zero attached hydrogens (tertiary/aromatic N) is 1. The minimum atomic E-state index is 0.134. The number of rotatable bonds is 0. The topological polar surface area (TPSA) is 49.8 Å². The maximum Gasteiger partial charge on any atom is 0.0994 e. The summed E-state index contributed by atoms with van der Waals surface area (Å²) in [6, 6.07) is 6.21. The number of hydrogen-bond acceptors (Lipinski definition) is 2. The molecule has 1 aliphatic carbocycles. The number of fused-ring (bicyclic) bond motifs is 1. The van der Waals surface area contributed by atoms with Gasteiger partial charge in [-0.25, -0.2) is 0 Å². The van der Waals surface area contributed by atoms with Crippen LogP contribution in [-0.4, -0.2) is 0 Å². The Morgan fingerprint density at radius 1 is 1.54 bits per heavy atom. The van der Waals surface area contributed by atoms with Crippen molar-refractivity contribution >= 4 is 22.6 Å². The highest BCUT2D eigenvalue weighted by molar-refractivity contribution is 14.1. The normalized spacial score (nSPS) is 19.6. The Kier molecular flexibility index (Phi) is 2.26. The molecule has 0 spiro atoms. The van der Waals surface area contributed by atoms with E-state index >= 15 is 0 Å². The third kappa shape index (κ3) is 1.34. The van der Waals surface area contributed by atoms with Gasteiger partial charge in [0, 0.05) is 9.61 Å². The summed E-state index contributed by atoms with van der Waals surface area (Å²) < 4.78 is 1.19. The average Bonchev–Trinajstić information content (AvgIpc) is 2.50. The molecule has 1 unspecified atom stereocenters. The zero-order valence-corrected chi connectivity index (χ0v) is 9.21. The predicted molar refractivity (Wildman–Crippen MR) is 59.1 cm³/mol. The molecule has 1 aromatic carbocycles. The van der Waals surface area contributed by atoms with E-state index in [9.17, 15) is 0 Å². The van der Waals surface area contributed by atoms with Crippen LogP contribution in [0, 0.1) is 14.9 Å². The van der Waals surface area contributed by atoms with Crippen LogP contribution >= 0.6 is 22.6 Å². The van der Waals surface area contributed by atoms with Gasteiger partial charge >= 0.3 is 0 Å². The van der Waals surface area contributed by atoms with E-state index in [0.29, 0.717) is 0 Å². The average molecular weight is 284 g/mol. The lowest BCUT2D eigenvalue weighted by Crippen LogP contribution is -2.07. The van der Waals surface area contributed by atoms with E-state index in [1.54, 1.807) is 0 Å². The first-order chi connectivity index (χ1) is 6.24. The number of halogens is 1. The van der Waals surface area contributed by atoms with Crippen molar-refractivity contribution in [3.05, 3.63) is 32.4 Å². The van der Waals surface area contributed by atoms with Gasteiger partial charge < -0.3 is 5.73 Å². The molecule has 0 radical (unpaired) electrons. The number of nitrogens with two attached hydrogens (primary N) is 1. The second-order valence-corrected chi connectivity index (χ2v) is 4.41. The first-order valence-corrected chi connectivity index (χ1v) is 5.29. The Labute approximate surface area is 90.9 Å². The predicted octanol–water partition coefficient (Wildman–Crippen LogP) is 2.11.